The first-order valence-corrected chi connectivity index (χ1v) is 6.98. The van der Waals surface area contributed by atoms with Gasteiger partial charge >= 0.3 is 5.97 Å². The van der Waals surface area contributed by atoms with Crippen LogP contribution in [0.4, 0.5) is 0 Å². The molecule has 0 saturated carbocycles. The SMILES string of the molecule is CCCCCc1nc(SC)ncc1OC(C)=O. The molecule has 0 amide bonds. The predicted molar refractivity (Wildman–Crippen MR) is 68.4 cm³/mol. The molecule has 0 saturated heterocycles. The van der Waals surface area contributed by atoms with Gasteiger partial charge < -0.3 is 4.74 Å². The fraction of sp³-hybridized carbons (Fsp3) is 0.583. The molecule has 1 aromatic rings. The minimum Gasteiger partial charge on any atom is -0.423 e. The van der Waals surface area contributed by atoms with Crippen molar-refractivity contribution in [1.29, 1.82) is 0 Å². The molecule has 1 rings (SSSR count). The van der Waals surface area contributed by atoms with Crippen LogP contribution in [0.1, 0.15) is 38.8 Å². The highest BCUT2D eigenvalue weighted by Gasteiger charge is 2.10. The molecule has 0 N–H and O–H groups in total. The number of aromatic nitrogens is 2. The Hall–Kier alpha value is -1.10. The van der Waals surface area contributed by atoms with Crippen molar-refractivity contribution in [2.24, 2.45) is 0 Å². The lowest BCUT2D eigenvalue weighted by atomic mass is 10.1. The van der Waals surface area contributed by atoms with E-state index in [-0.39, 0.29) is 5.97 Å². The van der Waals surface area contributed by atoms with Crippen molar-refractivity contribution < 1.29 is 9.53 Å². The molecule has 1 heterocycles. The van der Waals surface area contributed by atoms with E-state index < -0.39 is 0 Å². The highest BCUT2D eigenvalue weighted by atomic mass is 32.2. The van der Waals surface area contributed by atoms with E-state index in [4.69, 9.17) is 4.74 Å². The van der Waals surface area contributed by atoms with E-state index >= 15 is 0 Å². The van der Waals surface area contributed by atoms with Gasteiger partial charge in [-0.1, -0.05) is 31.5 Å². The molecule has 94 valence electrons. The lowest BCUT2D eigenvalue weighted by Gasteiger charge is -2.08. The number of aryl methyl sites for hydroxylation is 1. The van der Waals surface area contributed by atoms with Gasteiger partial charge in [0.2, 0.25) is 0 Å². The second kappa shape index (κ2) is 7.27. The van der Waals surface area contributed by atoms with Gasteiger partial charge in [-0.25, -0.2) is 9.97 Å². The second-order valence-electron chi connectivity index (χ2n) is 3.72. The normalized spacial score (nSPS) is 10.3. The number of esters is 1. The van der Waals surface area contributed by atoms with E-state index in [1.54, 1.807) is 6.20 Å². The van der Waals surface area contributed by atoms with Gasteiger partial charge in [-0.05, 0) is 19.1 Å². The van der Waals surface area contributed by atoms with Crippen molar-refractivity contribution >= 4 is 17.7 Å². The number of hydrogen-bond donors (Lipinski definition) is 0. The van der Waals surface area contributed by atoms with E-state index in [9.17, 15) is 4.79 Å². The maximum Gasteiger partial charge on any atom is 0.308 e. The van der Waals surface area contributed by atoms with Crippen LogP contribution in [0.5, 0.6) is 5.75 Å². The van der Waals surface area contributed by atoms with Gasteiger partial charge in [0, 0.05) is 6.92 Å². The molecule has 0 spiro atoms. The zero-order valence-corrected chi connectivity index (χ0v) is 11.3. The molecule has 1 aromatic heterocycles. The van der Waals surface area contributed by atoms with Crippen LogP contribution in [0.2, 0.25) is 0 Å². The molecule has 0 aliphatic heterocycles. The molecule has 5 heteroatoms. The summed E-state index contributed by atoms with van der Waals surface area (Å²) >= 11 is 1.49. The third kappa shape index (κ3) is 4.73. The molecule has 0 fully saturated rings. The Kier molecular flexibility index (Phi) is 5.97. The quantitative estimate of drug-likeness (QED) is 0.338. The van der Waals surface area contributed by atoms with Crippen LogP contribution in [0.3, 0.4) is 0 Å². The summed E-state index contributed by atoms with van der Waals surface area (Å²) in [5.41, 5.74) is 0.827. The summed E-state index contributed by atoms with van der Waals surface area (Å²) < 4.78 is 5.10. The molecule has 0 unspecified atom stereocenters. The van der Waals surface area contributed by atoms with Crippen LogP contribution in [-0.4, -0.2) is 22.2 Å². The van der Waals surface area contributed by atoms with E-state index in [1.165, 1.54) is 18.7 Å². The maximum absolute atomic E-state index is 11.0. The van der Waals surface area contributed by atoms with Crippen molar-refractivity contribution in [3.63, 3.8) is 0 Å². The summed E-state index contributed by atoms with van der Waals surface area (Å²) in [6, 6.07) is 0. The molecular formula is C12H18N2O2S. The summed E-state index contributed by atoms with van der Waals surface area (Å²) in [5, 5.41) is 0.715. The zero-order chi connectivity index (χ0) is 12.7. The molecule has 0 aliphatic rings. The van der Waals surface area contributed by atoms with E-state index in [0.29, 0.717) is 10.9 Å². The first kappa shape index (κ1) is 14.0. The number of carbonyl (C=O) groups excluding carboxylic acids is 1. The molecule has 0 radical (unpaired) electrons. The summed E-state index contributed by atoms with van der Waals surface area (Å²) in [6.45, 7) is 3.54. The minimum absolute atomic E-state index is 0.331. The fourth-order valence-corrected chi connectivity index (χ4v) is 1.81. The average Bonchev–Trinajstić information content (AvgIpc) is 2.30. The van der Waals surface area contributed by atoms with Crippen molar-refractivity contribution in [1.82, 2.24) is 9.97 Å². The lowest BCUT2D eigenvalue weighted by molar-refractivity contribution is -0.132. The molecule has 4 nitrogen and oxygen atoms in total. The van der Waals surface area contributed by atoms with Gasteiger partial charge in [0.25, 0.3) is 0 Å². The molecule has 17 heavy (non-hydrogen) atoms. The highest BCUT2D eigenvalue weighted by Crippen LogP contribution is 2.21. The van der Waals surface area contributed by atoms with Crippen LogP contribution in [0.25, 0.3) is 0 Å². The van der Waals surface area contributed by atoms with Crippen molar-refractivity contribution in [2.75, 3.05) is 6.26 Å². The Labute approximate surface area is 106 Å². The molecule has 0 atom stereocenters. The summed E-state index contributed by atoms with van der Waals surface area (Å²) in [6.07, 6.45) is 7.70. The monoisotopic (exact) mass is 254 g/mol. The largest absolute Gasteiger partial charge is 0.423 e. The van der Waals surface area contributed by atoms with Gasteiger partial charge in [-0.3, -0.25) is 4.79 Å². The zero-order valence-electron chi connectivity index (χ0n) is 10.5. The number of rotatable bonds is 6. The van der Waals surface area contributed by atoms with Gasteiger partial charge in [-0.15, -0.1) is 0 Å². The Morgan fingerprint density at radius 3 is 2.82 bits per heavy atom. The second-order valence-corrected chi connectivity index (χ2v) is 4.49. The first-order valence-electron chi connectivity index (χ1n) is 5.75. The molecular weight excluding hydrogens is 236 g/mol. The standard InChI is InChI=1S/C12H18N2O2S/c1-4-5-6-7-10-11(16-9(2)15)8-13-12(14-10)17-3/h8H,4-7H2,1-3H3. The number of nitrogens with zero attached hydrogens (tertiary/aromatic N) is 2. The Bertz CT molecular complexity index is 383. The fourth-order valence-electron chi connectivity index (χ4n) is 1.45. The smallest absolute Gasteiger partial charge is 0.308 e. The maximum atomic E-state index is 11.0. The van der Waals surface area contributed by atoms with Crippen molar-refractivity contribution in [3.8, 4) is 5.75 Å². The Morgan fingerprint density at radius 2 is 2.24 bits per heavy atom. The topological polar surface area (TPSA) is 52.1 Å². The molecule has 0 bridgehead atoms. The van der Waals surface area contributed by atoms with E-state index in [1.807, 2.05) is 6.26 Å². The molecule has 0 aromatic carbocycles. The molecule has 0 aliphatic carbocycles. The van der Waals surface area contributed by atoms with Crippen LogP contribution in [0, 0.1) is 0 Å². The Morgan fingerprint density at radius 1 is 1.47 bits per heavy atom. The van der Waals surface area contributed by atoms with E-state index in [2.05, 4.69) is 16.9 Å². The van der Waals surface area contributed by atoms with Crippen molar-refractivity contribution in [2.45, 2.75) is 44.7 Å². The van der Waals surface area contributed by atoms with Crippen LogP contribution < -0.4 is 4.74 Å². The first-order chi connectivity index (χ1) is 8.17. The third-order valence-corrected chi connectivity index (χ3v) is 2.82. The summed E-state index contributed by atoms with van der Waals surface area (Å²) in [5.74, 6) is 0.161. The summed E-state index contributed by atoms with van der Waals surface area (Å²) in [7, 11) is 0. The van der Waals surface area contributed by atoms with E-state index in [0.717, 1.165) is 31.4 Å². The highest BCUT2D eigenvalue weighted by molar-refractivity contribution is 7.98. The number of unbranched alkanes of at least 4 members (excludes halogenated alkanes) is 2. The Balaban J connectivity index is 2.82. The summed E-state index contributed by atoms with van der Waals surface area (Å²) in [4.78, 5) is 19.5. The lowest BCUT2D eigenvalue weighted by Crippen LogP contribution is -2.07. The van der Waals surface area contributed by atoms with Gasteiger partial charge in [0.05, 0.1) is 11.9 Å². The van der Waals surface area contributed by atoms with Crippen LogP contribution in [-0.2, 0) is 11.2 Å². The average molecular weight is 254 g/mol. The van der Waals surface area contributed by atoms with Gasteiger partial charge in [0.15, 0.2) is 10.9 Å². The van der Waals surface area contributed by atoms with Gasteiger partial charge in [0.1, 0.15) is 0 Å². The number of thioether (sulfide) groups is 1. The van der Waals surface area contributed by atoms with Gasteiger partial charge in [-0.2, -0.15) is 0 Å². The number of carbonyl (C=O) groups is 1. The van der Waals surface area contributed by atoms with Crippen LogP contribution >= 0.6 is 11.8 Å². The minimum atomic E-state index is -0.331. The predicted octanol–water partition coefficient (Wildman–Crippen LogP) is 2.86. The van der Waals surface area contributed by atoms with Crippen molar-refractivity contribution in [3.05, 3.63) is 11.9 Å². The van der Waals surface area contributed by atoms with Crippen LogP contribution in [0.15, 0.2) is 11.4 Å². The number of ether oxygens (including phenoxy) is 1. The number of hydrogen-bond acceptors (Lipinski definition) is 5. The third-order valence-electron chi connectivity index (χ3n) is 2.26.